The van der Waals surface area contributed by atoms with Gasteiger partial charge in [0.1, 0.15) is 5.75 Å². The Morgan fingerprint density at radius 1 is 1.29 bits per heavy atom. The Balaban J connectivity index is 0.00000144. The Hall–Kier alpha value is -0.780. The third-order valence-electron chi connectivity index (χ3n) is 2.74. The zero-order valence-electron chi connectivity index (χ0n) is 9.55. The molecule has 4 nitrogen and oxygen atoms in total. The predicted octanol–water partition coefficient (Wildman–Crippen LogP) is 1.18. The Morgan fingerprint density at radius 3 is 2.47 bits per heavy atom. The van der Waals surface area contributed by atoms with Crippen molar-refractivity contribution in [3.05, 3.63) is 29.8 Å². The number of benzene rings is 1. The summed E-state index contributed by atoms with van der Waals surface area (Å²) in [5.41, 5.74) is 0.990. The van der Waals surface area contributed by atoms with Gasteiger partial charge in [-0.15, -0.1) is 12.4 Å². The molecule has 2 rings (SSSR count). The smallest absolute Gasteiger partial charge is 0.153 e. The molecule has 1 unspecified atom stereocenters. The van der Waals surface area contributed by atoms with Gasteiger partial charge in [0.15, 0.2) is 9.84 Å². The maximum atomic E-state index is 11.5. The second kappa shape index (κ2) is 5.71. The van der Waals surface area contributed by atoms with Gasteiger partial charge >= 0.3 is 0 Å². The molecule has 1 aromatic carbocycles. The van der Waals surface area contributed by atoms with E-state index in [1.807, 2.05) is 24.3 Å². The van der Waals surface area contributed by atoms with Crippen LogP contribution >= 0.6 is 12.4 Å². The molecule has 0 bridgehead atoms. The summed E-state index contributed by atoms with van der Waals surface area (Å²) in [5, 5.41) is 3.21. The lowest BCUT2D eigenvalue weighted by Gasteiger charge is -2.24. The van der Waals surface area contributed by atoms with Gasteiger partial charge in [0.05, 0.1) is 18.6 Å². The summed E-state index contributed by atoms with van der Waals surface area (Å²) in [6.07, 6.45) is 0. The Bertz CT molecular complexity index is 458. The van der Waals surface area contributed by atoms with Crippen LogP contribution in [0.15, 0.2) is 24.3 Å². The van der Waals surface area contributed by atoms with E-state index in [0.29, 0.717) is 6.54 Å². The molecule has 17 heavy (non-hydrogen) atoms. The number of ether oxygens (including phenoxy) is 1. The third-order valence-corrected chi connectivity index (χ3v) is 4.41. The summed E-state index contributed by atoms with van der Waals surface area (Å²) in [5.74, 6) is 1.20. The average Bonchev–Trinajstić information content (AvgIpc) is 2.28. The lowest BCUT2D eigenvalue weighted by atomic mass is 10.1. The number of halogens is 1. The first kappa shape index (κ1) is 14.3. The maximum absolute atomic E-state index is 11.5. The Labute approximate surface area is 108 Å². The fraction of sp³-hybridized carbons (Fsp3) is 0.455. The van der Waals surface area contributed by atoms with Crippen LogP contribution in [0.5, 0.6) is 5.75 Å². The monoisotopic (exact) mass is 277 g/mol. The summed E-state index contributed by atoms with van der Waals surface area (Å²) in [6, 6.07) is 7.40. The normalized spacial score (nSPS) is 22.5. The van der Waals surface area contributed by atoms with E-state index in [2.05, 4.69) is 5.32 Å². The number of hydrogen-bond acceptors (Lipinski definition) is 4. The highest BCUT2D eigenvalue weighted by atomic mass is 35.5. The van der Waals surface area contributed by atoms with Crippen molar-refractivity contribution >= 4 is 22.2 Å². The van der Waals surface area contributed by atoms with Gasteiger partial charge in [0.25, 0.3) is 0 Å². The Morgan fingerprint density at radius 2 is 1.94 bits per heavy atom. The molecule has 6 heteroatoms. The van der Waals surface area contributed by atoms with Crippen molar-refractivity contribution in [2.75, 3.05) is 25.2 Å². The lowest BCUT2D eigenvalue weighted by molar-refractivity contribution is 0.414. The van der Waals surface area contributed by atoms with Crippen molar-refractivity contribution in [1.29, 1.82) is 0 Å². The van der Waals surface area contributed by atoms with Crippen LogP contribution < -0.4 is 10.1 Å². The van der Waals surface area contributed by atoms with Crippen LogP contribution in [-0.2, 0) is 9.84 Å². The molecule has 1 aromatic rings. The minimum Gasteiger partial charge on any atom is -0.497 e. The molecule has 1 fully saturated rings. The van der Waals surface area contributed by atoms with Gasteiger partial charge in [-0.3, -0.25) is 0 Å². The standard InChI is InChI=1S/C11H15NO3S.ClH/c1-15-10-4-2-9(3-5-10)11-8-16(13,14)7-6-12-11;/h2-5,11-12H,6-8H2,1H3;1H. The largest absolute Gasteiger partial charge is 0.497 e. The van der Waals surface area contributed by atoms with Gasteiger partial charge in [-0.1, -0.05) is 12.1 Å². The first-order valence-corrected chi connectivity index (χ1v) is 7.00. The van der Waals surface area contributed by atoms with Gasteiger partial charge in [-0.2, -0.15) is 0 Å². The van der Waals surface area contributed by atoms with Gasteiger partial charge < -0.3 is 10.1 Å². The number of sulfone groups is 1. The third kappa shape index (κ3) is 3.59. The van der Waals surface area contributed by atoms with Crippen molar-refractivity contribution in [3.8, 4) is 5.75 Å². The molecule has 1 heterocycles. The molecule has 0 spiro atoms. The van der Waals surface area contributed by atoms with Crippen LogP contribution in [0.25, 0.3) is 0 Å². The molecule has 1 atom stereocenters. The van der Waals surface area contributed by atoms with Crippen LogP contribution in [0.1, 0.15) is 11.6 Å². The molecular formula is C11H16ClNO3S. The van der Waals surface area contributed by atoms with E-state index < -0.39 is 9.84 Å². The van der Waals surface area contributed by atoms with Crippen LogP contribution in [0.3, 0.4) is 0 Å². The summed E-state index contributed by atoms with van der Waals surface area (Å²) < 4.78 is 28.0. The summed E-state index contributed by atoms with van der Waals surface area (Å²) >= 11 is 0. The van der Waals surface area contributed by atoms with Crippen molar-refractivity contribution in [2.24, 2.45) is 0 Å². The van der Waals surface area contributed by atoms with Crippen LogP contribution in [0.4, 0.5) is 0 Å². The van der Waals surface area contributed by atoms with Crippen molar-refractivity contribution in [1.82, 2.24) is 5.32 Å². The fourth-order valence-corrected chi connectivity index (χ4v) is 3.25. The van der Waals surface area contributed by atoms with E-state index in [-0.39, 0.29) is 30.0 Å². The maximum Gasteiger partial charge on any atom is 0.153 e. The SMILES string of the molecule is COc1ccc(C2CS(=O)(=O)CCN2)cc1.Cl. The summed E-state index contributed by atoms with van der Waals surface area (Å²) in [7, 11) is -1.28. The molecule has 1 saturated heterocycles. The highest BCUT2D eigenvalue weighted by molar-refractivity contribution is 7.91. The number of methoxy groups -OCH3 is 1. The molecule has 1 aliphatic heterocycles. The first-order valence-electron chi connectivity index (χ1n) is 5.18. The predicted molar refractivity (Wildman–Crippen MR) is 69.6 cm³/mol. The molecule has 0 aliphatic carbocycles. The number of nitrogens with one attached hydrogen (secondary N) is 1. The molecule has 1 aliphatic rings. The topological polar surface area (TPSA) is 55.4 Å². The molecule has 0 radical (unpaired) electrons. The van der Waals surface area contributed by atoms with Crippen molar-refractivity contribution in [3.63, 3.8) is 0 Å². The van der Waals surface area contributed by atoms with Crippen LogP contribution in [0, 0.1) is 0 Å². The van der Waals surface area contributed by atoms with E-state index >= 15 is 0 Å². The molecule has 0 amide bonds. The quantitative estimate of drug-likeness (QED) is 0.882. The van der Waals surface area contributed by atoms with Gasteiger partial charge in [-0.05, 0) is 17.7 Å². The van der Waals surface area contributed by atoms with Crippen molar-refractivity contribution in [2.45, 2.75) is 6.04 Å². The summed E-state index contributed by atoms with van der Waals surface area (Å²) in [6.45, 7) is 0.527. The number of rotatable bonds is 2. The van der Waals surface area contributed by atoms with E-state index in [1.54, 1.807) is 7.11 Å². The van der Waals surface area contributed by atoms with Crippen molar-refractivity contribution < 1.29 is 13.2 Å². The van der Waals surface area contributed by atoms with Gasteiger partial charge in [0.2, 0.25) is 0 Å². The Kier molecular flexibility index (Phi) is 4.80. The molecule has 0 aromatic heterocycles. The molecule has 96 valence electrons. The van der Waals surface area contributed by atoms with Crippen LogP contribution in [0.2, 0.25) is 0 Å². The van der Waals surface area contributed by atoms with Gasteiger partial charge in [0, 0.05) is 12.6 Å². The van der Waals surface area contributed by atoms with E-state index in [4.69, 9.17) is 4.74 Å². The second-order valence-electron chi connectivity index (χ2n) is 3.89. The van der Waals surface area contributed by atoms with Crippen LogP contribution in [-0.4, -0.2) is 33.6 Å². The minimum absolute atomic E-state index is 0. The van der Waals surface area contributed by atoms with E-state index in [0.717, 1.165) is 11.3 Å². The fourth-order valence-electron chi connectivity index (χ4n) is 1.84. The molecule has 1 N–H and O–H groups in total. The minimum atomic E-state index is -2.89. The van der Waals surface area contributed by atoms with E-state index in [9.17, 15) is 8.42 Å². The first-order chi connectivity index (χ1) is 7.61. The highest BCUT2D eigenvalue weighted by Crippen LogP contribution is 2.21. The zero-order chi connectivity index (χ0) is 11.6. The highest BCUT2D eigenvalue weighted by Gasteiger charge is 2.25. The molecular weight excluding hydrogens is 262 g/mol. The van der Waals surface area contributed by atoms with Gasteiger partial charge in [-0.25, -0.2) is 8.42 Å². The average molecular weight is 278 g/mol. The summed E-state index contributed by atoms with van der Waals surface area (Å²) in [4.78, 5) is 0. The zero-order valence-corrected chi connectivity index (χ0v) is 11.2. The molecule has 0 saturated carbocycles. The van der Waals surface area contributed by atoms with E-state index in [1.165, 1.54) is 0 Å². The second-order valence-corrected chi connectivity index (χ2v) is 6.12. The lowest BCUT2D eigenvalue weighted by Crippen LogP contribution is -2.39. The number of hydrogen-bond donors (Lipinski definition) is 1.